The molecule has 18 heavy (non-hydrogen) atoms. The lowest BCUT2D eigenvalue weighted by atomic mass is 10.2. The number of non-ortho nitro benzene ring substituents is 1. The minimum atomic E-state index is -1.01. The van der Waals surface area contributed by atoms with E-state index >= 15 is 0 Å². The highest BCUT2D eigenvalue weighted by atomic mass is 16.6. The van der Waals surface area contributed by atoms with Gasteiger partial charge in [-0.3, -0.25) is 10.1 Å². The number of nitrogens with zero attached hydrogens (tertiary/aromatic N) is 2. The van der Waals surface area contributed by atoms with Crippen LogP contribution in [0.2, 0.25) is 0 Å². The highest BCUT2D eigenvalue weighted by Gasteiger charge is 2.19. The van der Waals surface area contributed by atoms with Gasteiger partial charge in [0.05, 0.1) is 4.92 Å². The Balaban J connectivity index is 3.14. The van der Waals surface area contributed by atoms with Crippen molar-refractivity contribution in [3.05, 3.63) is 33.9 Å². The van der Waals surface area contributed by atoms with Crippen LogP contribution in [0.4, 0.5) is 5.69 Å². The van der Waals surface area contributed by atoms with E-state index in [1.54, 1.807) is 6.07 Å². The molecule has 0 amide bonds. The molecular formula is C10H5N2O6. The highest BCUT2D eigenvalue weighted by molar-refractivity contribution is 5.93. The largest absolute Gasteiger partial charge is 0.447 e. The van der Waals surface area contributed by atoms with E-state index in [2.05, 4.69) is 9.47 Å². The number of esters is 1. The maximum absolute atomic E-state index is 11.5. The number of hydrogen-bond acceptors (Lipinski definition) is 7. The molecule has 0 saturated heterocycles. The Bertz CT molecular complexity index is 534. The van der Waals surface area contributed by atoms with E-state index in [0.717, 1.165) is 24.7 Å². The third-order valence-corrected chi connectivity index (χ3v) is 1.81. The van der Waals surface area contributed by atoms with E-state index in [1.807, 2.05) is 0 Å². The van der Waals surface area contributed by atoms with Gasteiger partial charge < -0.3 is 9.47 Å². The van der Waals surface area contributed by atoms with E-state index < -0.39 is 17.5 Å². The van der Waals surface area contributed by atoms with Crippen molar-refractivity contribution in [1.82, 2.24) is 0 Å². The van der Waals surface area contributed by atoms with Crippen LogP contribution in [-0.4, -0.2) is 24.0 Å². The van der Waals surface area contributed by atoms with Gasteiger partial charge in [-0.15, -0.1) is 0 Å². The molecule has 8 heteroatoms. The average molecular weight is 249 g/mol. The van der Waals surface area contributed by atoms with Crippen LogP contribution in [0.25, 0.3) is 0 Å². The van der Waals surface area contributed by atoms with E-state index in [1.165, 1.54) is 0 Å². The molecule has 0 spiro atoms. The van der Waals surface area contributed by atoms with Crippen molar-refractivity contribution in [3.8, 4) is 11.8 Å². The molecule has 8 nitrogen and oxygen atoms in total. The van der Waals surface area contributed by atoms with E-state index in [9.17, 15) is 19.7 Å². The van der Waals surface area contributed by atoms with Crippen LogP contribution in [0.1, 0.15) is 10.4 Å². The fourth-order valence-corrected chi connectivity index (χ4v) is 1.10. The van der Waals surface area contributed by atoms with Gasteiger partial charge >= 0.3 is 12.4 Å². The zero-order valence-corrected chi connectivity index (χ0v) is 8.78. The summed E-state index contributed by atoms with van der Waals surface area (Å²) in [4.78, 5) is 31.4. The predicted molar refractivity (Wildman–Crippen MR) is 55.3 cm³/mol. The maximum atomic E-state index is 11.5. The van der Waals surface area contributed by atoms with Crippen LogP contribution in [0.15, 0.2) is 18.2 Å². The molecular weight excluding hydrogens is 244 g/mol. The molecule has 0 saturated carbocycles. The topological polar surface area (TPSA) is 120 Å². The molecule has 0 fully saturated rings. The molecule has 91 valence electrons. The molecule has 0 aliphatic heterocycles. The van der Waals surface area contributed by atoms with Gasteiger partial charge in [0.2, 0.25) is 0 Å². The van der Waals surface area contributed by atoms with Gasteiger partial charge in [0.25, 0.3) is 5.69 Å². The van der Waals surface area contributed by atoms with Crippen molar-refractivity contribution in [2.75, 3.05) is 6.61 Å². The lowest BCUT2D eigenvalue weighted by Gasteiger charge is -2.05. The second kappa shape index (κ2) is 5.95. The van der Waals surface area contributed by atoms with E-state index in [0.29, 0.717) is 0 Å². The van der Waals surface area contributed by atoms with Crippen molar-refractivity contribution in [3.63, 3.8) is 0 Å². The fraction of sp³-hybridized carbons (Fsp3) is 0.100. The minimum Gasteiger partial charge on any atom is -0.447 e. The molecule has 0 aliphatic carbocycles. The lowest BCUT2D eigenvalue weighted by Crippen LogP contribution is -2.08. The lowest BCUT2D eigenvalue weighted by molar-refractivity contribution is -0.384. The van der Waals surface area contributed by atoms with Crippen LogP contribution in [-0.2, 0) is 9.53 Å². The number of carbonyl (C=O) groups is 1. The smallest absolute Gasteiger partial charge is 0.423 e. The van der Waals surface area contributed by atoms with E-state index in [-0.39, 0.29) is 17.0 Å². The number of nitro benzene ring substituents is 1. The summed E-state index contributed by atoms with van der Waals surface area (Å²) in [6, 6.07) is 4.55. The molecule has 1 radical (unpaired) electrons. The summed E-state index contributed by atoms with van der Waals surface area (Å²) in [6.07, 6.45) is 0. The standard InChI is InChI=1S/C10H5N2O6/c11-3-4-17-10(14)8-5-7(12(15)16)1-2-9(8)18-6-13/h1-2,5H,4H2. The first-order valence-electron chi connectivity index (χ1n) is 4.46. The average Bonchev–Trinajstić information content (AvgIpc) is 2.36. The van der Waals surface area contributed by atoms with Gasteiger partial charge in [-0.05, 0) is 6.07 Å². The van der Waals surface area contributed by atoms with Crippen molar-refractivity contribution in [2.45, 2.75) is 0 Å². The Kier molecular flexibility index (Phi) is 4.34. The highest BCUT2D eigenvalue weighted by Crippen LogP contribution is 2.24. The summed E-state index contributed by atoms with van der Waals surface area (Å²) in [7, 11) is 0. The number of carbonyl (C=O) groups excluding carboxylic acids is 2. The Morgan fingerprint density at radius 3 is 2.78 bits per heavy atom. The molecule has 0 atom stereocenters. The summed E-state index contributed by atoms with van der Waals surface area (Å²) in [5.41, 5.74) is -0.708. The summed E-state index contributed by atoms with van der Waals surface area (Å²) < 4.78 is 8.83. The molecule has 0 N–H and O–H groups in total. The Morgan fingerprint density at radius 2 is 2.22 bits per heavy atom. The van der Waals surface area contributed by atoms with Crippen molar-refractivity contribution >= 4 is 18.1 Å². The van der Waals surface area contributed by atoms with Gasteiger partial charge in [0.1, 0.15) is 17.4 Å². The summed E-state index contributed by atoms with van der Waals surface area (Å²) in [6.45, 7) is 0.569. The normalized spacial score (nSPS) is 9.06. The Morgan fingerprint density at radius 1 is 1.50 bits per heavy atom. The third-order valence-electron chi connectivity index (χ3n) is 1.81. The monoisotopic (exact) mass is 249 g/mol. The van der Waals surface area contributed by atoms with Crippen molar-refractivity contribution in [1.29, 1.82) is 5.26 Å². The molecule has 0 heterocycles. The summed E-state index contributed by atoms with van der Waals surface area (Å²) >= 11 is 0. The number of nitriles is 1. The minimum absolute atomic E-state index is 0.237. The van der Waals surface area contributed by atoms with Gasteiger partial charge in [-0.1, -0.05) is 0 Å². The molecule has 0 aliphatic rings. The molecule has 0 aromatic heterocycles. The number of benzene rings is 1. The second-order valence-corrected chi connectivity index (χ2v) is 2.86. The zero-order valence-electron chi connectivity index (χ0n) is 8.78. The van der Waals surface area contributed by atoms with E-state index in [4.69, 9.17) is 5.26 Å². The Labute approximate surface area is 100 Å². The first kappa shape index (κ1) is 13.1. The number of rotatable bonds is 5. The molecule has 0 unspecified atom stereocenters. The van der Waals surface area contributed by atoms with Gasteiger partial charge in [-0.25, -0.2) is 9.59 Å². The van der Waals surface area contributed by atoms with Crippen LogP contribution < -0.4 is 4.74 Å². The molecule has 1 aromatic rings. The zero-order chi connectivity index (χ0) is 13.5. The third kappa shape index (κ3) is 3.02. The number of nitro groups is 1. The Hall–Kier alpha value is -2.95. The summed E-state index contributed by atoms with van der Waals surface area (Å²) in [5.74, 6) is -1.25. The van der Waals surface area contributed by atoms with Gasteiger partial charge in [0.15, 0.2) is 6.61 Å². The first-order chi connectivity index (χ1) is 8.60. The quantitative estimate of drug-likeness (QED) is 0.428. The number of ether oxygens (including phenoxy) is 2. The summed E-state index contributed by atoms with van der Waals surface area (Å²) in [5, 5.41) is 18.8. The number of hydrogen-bond donors (Lipinski definition) is 0. The van der Waals surface area contributed by atoms with Crippen LogP contribution >= 0.6 is 0 Å². The van der Waals surface area contributed by atoms with Crippen molar-refractivity contribution < 1.29 is 24.0 Å². The first-order valence-corrected chi connectivity index (χ1v) is 4.46. The van der Waals surface area contributed by atoms with Crippen LogP contribution in [0.5, 0.6) is 5.75 Å². The van der Waals surface area contributed by atoms with Crippen LogP contribution in [0, 0.1) is 21.4 Å². The SMILES string of the molecule is N#CCOC(=O)c1cc([N+](=O)[O-])ccc1O[C]=O. The van der Waals surface area contributed by atoms with Gasteiger partial charge in [-0.2, -0.15) is 5.26 Å². The van der Waals surface area contributed by atoms with Crippen molar-refractivity contribution in [2.24, 2.45) is 0 Å². The van der Waals surface area contributed by atoms with Gasteiger partial charge in [0, 0.05) is 12.1 Å². The molecule has 1 aromatic carbocycles. The molecule has 0 bridgehead atoms. The maximum Gasteiger partial charge on any atom is 0.423 e. The second-order valence-electron chi connectivity index (χ2n) is 2.86. The van der Waals surface area contributed by atoms with Crippen LogP contribution in [0.3, 0.4) is 0 Å². The fourth-order valence-electron chi connectivity index (χ4n) is 1.10. The predicted octanol–water partition coefficient (Wildman–Crippen LogP) is 0.721. The molecule has 1 rings (SSSR count).